The molecule has 1 atom stereocenters. The van der Waals surface area contributed by atoms with Crippen molar-refractivity contribution in [3.05, 3.63) is 0 Å². The summed E-state index contributed by atoms with van der Waals surface area (Å²) in [6, 6.07) is -0.623. The average Bonchev–Trinajstić information content (AvgIpc) is 1.57. The highest BCUT2D eigenvalue weighted by atomic mass is 24.3. The third kappa shape index (κ3) is 1.83. The molecule has 0 aromatic rings. The fourth-order valence-corrected chi connectivity index (χ4v) is 0.508. The van der Waals surface area contributed by atoms with Crippen molar-refractivity contribution < 1.29 is 14.7 Å². The van der Waals surface area contributed by atoms with Crippen LogP contribution in [0.3, 0.4) is 0 Å². The van der Waals surface area contributed by atoms with E-state index in [9.17, 15) is 9.59 Å². The van der Waals surface area contributed by atoms with Gasteiger partial charge in [0.05, 0.1) is 6.42 Å². The van der Waals surface area contributed by atoms with Crippen molar-refractivity contribution >= 4 is 34.9 Å². The topological polar surface area (TPSA) is 66.4 Å². The molecule has 4 nitrogen and oxygen atoms in total. The molecule has 1 heterocycles. The summed E-state index contributed by atoms with van der Waals surface area (Å²) in [4.78, 5) is 20.0. The molecule has 1 aliphatic heterocycles. The number of carboxylic acid groups (broad SMARTS) is 1. The molecule has 1 rings (SSSR count). The van der Waals surface area contributed by atoms with E-state index in [0.717, 1.165) is 0 Å². The van der Waals surface area contributed by atoms with Gasteiger partial charge in [-0.1, -0.05) is 0 Å². The normalized spacial score (nSPS) is 23.1. The summed E-state index contributed by atoms with van der Waals surface area (Å²) < 4.78 is 0. The Bertz CT molecular complexity index is 139. The molecule has 0 aromatic carbocycles. The number of β-lactam (4-membered cyclic amide) rings is 1. The average molecular weight is 141 g/mol. The molecular formula is C4H7MgNO3. The molecule has 1 saturated heterocycles. The number of aliphatic carboxylic acids is 1. The van der Waals surface area contributed by atoms with Gasteiger partial charge in [0, 0.05) is 0 Å². The lowest BCUT2D eigenvalue weighted by molar-refractivity contribution is -0.147. The van der Waals surface area contributed by atoms with Crippen LogP contribution in [0.4, 0.5) is 0 Å². The second-order valence-electron chi connectivity index (χ2n) is 1.66. The Hall–Kier alpha value is -0.294. The maximum absolute atomic E-state index is 10.0. The van der Waals surface area contributed by atoms with Gasteiger partial charge in [-0.05, 0) is 0 Å². The summed E-state index contributed by atoms with van der Waals surface area (Å²) in [5.41, 5.74) is 0. The molecule has 48 valence electrons. The van der Waals surface area contributed by atoms with Crippen LogP contribution in [0.1, 0.15) is 6.42 Å². The molecule has 1 amide bonds. The lowest BCUT2D eigenvalue weighted by Gasteiger charge is -2.21. The molecule has 0 saturated carbocycles. The first-order chi connectivity index (χ1) is 3.70. The summed E-state index contributed by atoms with van der Waals surface area (Å²) >= 11 is 0. The molecule has 1 fully saturated rings. The van der Waals surface area contributed by atoms with E-state index in [-0.39, 0.29) is 35.4 Å². The fraction of sp³-hybridized carbons (Fsp3) is 0.500. The van der Waals surface area contributed by atoms with Crippen molar-refractivity contribution in [1.82, 2.24) is 5.32 Å². The highest BCUT2D eigenvalue weighted by molar-refractivity contribution is 5.94. The van der Waals surface area contributed by atoms with Gasteiger partial charge in [0.2, 0.25) is 5.91 Å². The van der Waals surface area contributed by atoms with Crippen molar-refractivity contribution in [3.8, 4) is 0 Å². The van der Waals surface area contributed by atoms with E-state index in [2.05, 4.69) is 5.32 Å². The number of carboxylic acids is 1. The van der Waals surface area contributed by atoms with Gasteiger partial charge < -0.3 is 10.4 Å². The Morgan fingerprint density at radius 1 is 1.78 bits per heavy atom. The summed E-state index contributed by atoms with van der Waals surface area (Å²) in [6.45, 7) is 0. The molecule has 0 unspecified atom stereocenters. The Kier molecular flexibility index (Phi) is 2.92. The predicted molar refractivity (Wildman–Crippen MR) is 32.7 cm³/mol. The van der Waals surface area contributed by atoms with Crippen LogP contribution in [-0.4, -0.2) is 46.1 Å². The van der Waals surface area contributed by atoms with Crippen LogP contribution in [0.15, 0.2) is 0 Å². The van der Waals surface area contributed by atoms with Crippen LogP contribution in [-0.2, 0) is 9.59 Å². The molecule has 0 radical (unpaired) electrons. The first kappa shape index (κ1) is 8.71. The van der Waals surface area contributed by atoms with E-state index >= 15 is 0 Å². The predicted octanol–water partition coefficient (Wildman–Crippen LogP) is -1.96. The van der Waals surface area contributed by atoms with Gasteiger partial charge in [-0.2, -0.15) is 0 Å². The van der Waals surface area contributed by atoms with Crippen molar-refractivity contribution in [3.63, 3.8) is 0 Å². The zero-order chi connectivity index (χ0) is 6.15. The van der Waals surface area contributed by atoms with Gasteiger partial charge in [-0.25, -0.2) is 4.79 Å². The van der Waals surface area contributed by atoms with Crippen LogP contribution >= 0.6 is 0 Å². The highest BCUT2D eigenvalue weighted by Gasteiger charge is 2.31. The first-order valence-electron chi connectivity index (χ1n) is 2.22. The van der Waals surface area contributed by atoms with Crippen molar-refractivity contribution in [2.75, 3.05) is 0 Å². The van der Waals surface area contributed by atoms with Gasteiger partial charge in [0.25, 0.3) is 0 Å². The number of carbonyl (C=O) groups excluding carboxylic acids is 1. The van der Waals surface area contributed by atoms with Crippen LogP contribution in [0.2, 0.25) is 0 Å². The van der Waals surface area contributed by atoms with Crippen LogP contribution in [0.25, 0.3) is 0 Å². The number of nitrogens with one attached hydrogen (secondary N) is 1. The Labute approximate surface area is 67.8 Å². The smallest absolute Gasteiger partial charge is 0.326 e. The lowest BCUT2D eigenvalue weighted by atomic mass is 10.1. The van der Waals surface area contributed by atoms with Crippen molar-refractivity contribution in [2.45, 2.75) is 12.5 Å². The van der Waals surface area contributed by atoms with Gasteiger partial charge in [-0.15, -0.1) is 0 Å². The van der Waals surface area contributed by atoms with Gasteiger partial charge in [0.1, 0.15) is 6.04 Å². The summed E-state index contributed by atoms with van der Waals surface area (Å²) in [5, 5.41) is 10.3. The second-order valence-corrected chi connectivity index (χ2v) is 1.66. The molecule has 0 spiro atoms. The molecule has 0 aromatic heterocycles. The first-order valence-corrected chi connectivity index (χ1v) is 2.22. The lowest BCUT2D eigenvalue weighted by Crippen LogP contribution is -2.53. The number of amides is 1. The van der Waals surface area contributed by atoms with E-state index in [1.165, 1.54) is 0 Å². The summed E-state index contributed by atoms with van der Waals surface area (Å²) in [6.07, 6.45) is 0.134. The molecule has 0 aliphatic carbocycles. The minimum atomic E-state index is -0.954. The fourth-order valence-electron chi connectivity index (χ4n) is 0.508. The second kappa shape index (κ2) is 3.02. The number of rotatable bonds is 1. The molecule has 5 heteroatoms. The van der Waals surface area contributed by atoms with E-state index < -0.39 is 12.0 Å². The zero-order valence-electron chi connectivity index (χ0n) is 4.05. The summed E-state index contributed by atoms with van der Waals surface area (Å²) in [5.74, 6) is -1.14. The van der Waals surface area contributed by atoms with Crippen LogP contribution in [0.5, 0.6) is 0 Å². The molecule has 2 N–H and O–H groups in total. The third-order valence-corrected chi connectivity index (χ3v) is 1.02. The molecular weight excluding hydrogens is 134 g/mol. The standard InChI is InChI=1S/C4H5NO3.Mg.2H/c6-3-1-2(5-3)4(7)8;;;/h2H,1H2,(H,5,6)(H,7,8);;;/t2-;;;/m0.../s1. The number of hydrogen-bond acceptors (Lipinski definition) is 2. The Morgan fingerprint density at radius 3 is 2.33 bits per heavy atom. The largest absolute Gasteiger partial charge is 0.480 e. The SMILES string of the molecule is O=C1C[C@@H](C(=O)O)N1.[MgH2]. The zero-order valence-corrected chi connectivity index (χ0v) is 4.05. The van der Waals surface area contributed by atoms with Crippen molar-refractivity contribution in [2.24, 2.45) is 0 Å². The van der Waals surface area contributed by atoms with E-state index in [1.807, 2.05) is 0 Å². The Balaban J connectivity index is 0.000000640. The Morgan fingerprint density at radius 2 is 2.22 bits per heavy atom. The number of hydrogen-bond donors (Lipinski definition) is 2. The molecule has 1 aliphatic rings. The van der Waals surface area contributed by atoms with E-state index in [4.69, 9.17) is 5.11 Å². The summed E-state index contributed by atoms with van der Waals surface area (Å²) in [7, 11) is 0. The maximum Gasteiger partial charge on any atom is 0.326 e. The monoisotopic (exact) mass is 141 g/mol. The van der Waals surface area contributed by atoms with E-state index in [1.54, 1.807) is 0 Å². The van der Waals surface area contributed by atoms with Gasteiger partial charge in [-0.3, -0.25) is 4.79 Å². The minimum absolute atomic E-state index is 0. The molecule has 0 bridgehead atoms. The van der Waals surface area contributed by atoms with E-state index in [0.29, 0.717) is 0 Å². The quantitative estimate of drug-likeness (QED) is 0.329. The van der Waals surface area contributed by atoms with Gasteiger partial charge >= 0.3 is 29.0 Å². The number of carbonyl (C=O) groups is 2. The van der Waals surface area contributed by atoms with Crippen LogP contribution < -0.4 is 5.32 Å². The van der Waals surface area contributed by atoms with Crippen LogP contribution in [0, 0.1) is 0 Å². The maximum atomic E-state index is 10.0. The highest BCUT2D eigenvalue weighted by Crippen LogP contribution is 2.02. The third-order valence-electron chi connectivity index (χ3n) is 1.02. The van der Waals surface area contributed by atoms with Crippen molar-refractivity contribution in [1.29, 1.82) is 0 Å². The minimum Gasteiger partial charge on any atom is -0.480 e. The molecule has 9 heavy (non-hydrogen) atoms. The van der Waals surface area contributed by atoms with Gasteiger partial charge in [0.15, 0.2) is 0 Å².